The topological polar surface area (TPSA) is 51.4 Å². The number of hydrogen-bond donors (Lipinski definition) is 0. The van der Waals surface area contributed by atoms with Crippen LogP contribution in [0.25, 0.3) is 22.2 Å². The van der Waals surface area contributed by atoms with Crippen LogP contribution in [0.3, 0.4) is 0 Å². The summed E-state index contributed by atoms with van der Waals surface area (Å²) in [5.41, 5.74) is 4.16. The Bertz CT molecular complexity index is 1060. The molecule has 0 aliphatic carbocycles. The van der Waals surface area contributed by atoms with Gasteiger partial charge in [-0.2, -0.15) is 0 Å². The van der Waals surface area contributed by atoms with Gasteiger partial charge in [0, 0.05) is 23.1 Å². The average Bonchev–Trinajstić information content (AvgIpc) is 3.11. The van der Waals surface area contributed by atoms with Crippen molar-refractivity contribution >= 4 is 22.5 Å². The van der Waals surface area contributed by atoms with Crippen LogP contribution in [-0.4, -0.2) is 14.2 Å². The maximum Gasteiger partial charge on any atom is 0.441 e. The van der Waals surface area contributed by atoms with Crippen LogP contribution in [0.4, 0.5) is 11.6 Å². The van der Waals surface area contributed by atoms with E-state index in [1.54, 1.807) is 11.0 Å². The van der Waals surface area contributed by atoms with E-state index in [-0.39, 0.29) is 12.4 Å². The van der Waals surface area contributed by atoms with Crippen molar-refractivity contribution < 1.29 is 17.1 Å². The Morgan fingerprint density at radius 1 is 0.923 bits per heavy atom. The molecule has 0 radical (unpaired) electrons. The Morgan fingerprint density at radius 2 is 1.62 bits per heavy atom. The van der Waals surface area contributed by atoms with Crippen molar-refractivity contribution in [1.82, 2.24) is 14.2 Å². The minimum Gasteiger partial charge on any atom is -1.00 e. The molecule has 0 aliphatic heterocycles. The van der Waals surface area contributed by atoms with Crippen molar-refractivity contribution in [1.29, 1.82) is 0 Å². The fourth-order valence-electron chi connectivity index (χ4n) is 3.12. The molecule has 26 heavy (non-hydrogen) atoms. The number of para-hydroxylation sites is 1. The molecule has 0 fully saturated rings. The summed E-state index contributed by atoms with van der Waals surface area (Å²) in [4.78, 5) is 0. The van der Waals surface area contributed by atoms with E-state index < -0.39 is 0 Å². The van der Waals surface area contributed by atoms with Crippen LogP contribution < -0.4 is 17.1 Å². The van der Waals surface area contributed by atoms with E-state index in [0.717, 1.165) is 27.8 Å². The van der Waals surface area contributed by atoms with E-state index in [0.29, 0.717) is 5.95 Å². The van der Waals surface area contributed by atoms with Gasteiger partial charge in [0.25, 0.3) is 0 Å². The van der Waals surface area contributed by atoms with Crippen LogP contribution >= 0.6 is 0 Å². The summed E-state index contributed by atoms with van der Waals surface area (Å²) in [6.45, 7) is 0. The SMILES string of the molecule is Cn1cn[n+](C)c1N=Nc1c(-c2ccccc2)n(C)c2ccccc12.[Cl-]. The fourth-order valence-corrected chi connectivity index (χ4v) is 3.12. The zero-order valence-corrected chi connectivity index (χ0v) is 15.6. The monoisotopic (exact) mass is 366 g/mol. The summed E-state index contributed by atoms with van der Waals surface area (Å²) < 4.78 is 5.72. The quantitative estimate of drug-likeness (QED) is 0.391. The van der Waals surface area contributed by atoms with Crippen LogP contribution in [0.5, 0.6) is 0 Å². The van der Waals surface area contributed by atoms with Crippen LogP contribution in [0, 0.1) is 0 Å². The lowest BCUT2D eigenvalue weighted by atomic mass is 10.1. The first-order chi connectivity index (χ1) is 12.2. The lowest BCUT2D eigenvalue weighted by Gasteiger charge is -2.04. The number of rotatable bonds is 3. The normalized spacial score (nSPS) is 11.2. The molecule has 2 aromatic heterocycles. The Morgan fingerprint density at radius 3 is 2.31 bits per heavy atom. The summed E-state index contributed by atoms with van der Waals surface area (Å²) in [5, 5.41) is 14.4. The zero-order valence-electron chi connectivity index (χ0n) is 14.8. The zero-order chi connectivity index (χ0) is 17.4. The highest BCUT2D eigenvalue weighted by Crippen LogP contribution is 2.39. The summed E-state index contributed by atoms with van der Waals surface area (Å²) in [6.07, 6.45) is 1.72. The smallest absolute Gasteiger partial charge is 0.441 e. The molecule has 0 spiro atoms. The summed E-state index contributed by atoms with van der Waals surface area (Å²) in [5.74, 6) is 0.687. The lowest BCUT2D eigenvalue weighted by Crippen LogP contribution is -3.00. The van der Waals surface area contributed by atoms with Gasteiger partial charge in [0.1, 0.15) is 5.69 Å². The molecule has 4 rings (SSSR count). The Kier molecular flexibility index (Phi) is 4.86. The molecule has 132 valence electrons. The first kappa shape index (κ1) is 17.8. The molecule has 0 N–H and O–H groups in total. The van der Waals surface area contributed by atoms with Crippen LogP contribution in [-0.2, 0) is 21.1 Å². The first-order valence-corrected chi connectivity index (χ1v) is 8.09. The Labute approximate surface area is 157 Å². The number of nitrogens with zero attached hydrogens (tertiary/aromatic N) is 6. The van der Waals surface area contributed by atoms with Crippen molar-refractivity contribution in [3.8, 4) is 11.3 Å². The van der Waals surface area contributed by atoms with E-state index in [4.69, 9.17) is 0 Å². The maximum atomic E-state index is 4.62. The van der Waals surface area contributed by atoms with E-state index in [2.05, 4.69) is 51.2 Å². The number of aryl methyl sites for hydroxylation is 3. The van der Waals surface area contributed by atoms with Gasteiger partial charge in [-0.05, 0) is 6.07 Å². The fraction of sp³-hybridized carbons (Fsp3) is 0.158. The second kappa shape index (κ2) is 7.09. The molecule has 0 atom stereocenters. The molecule has 0 aliphatic rings. The van der Waals surface area contributed by atoms with Gasteiger partial charge in [-0.25, -0.2) is 4.57 Å². The largest absolute Gasteiger partial charge is 1.00 e. The van der Waals surface area contributed by atoms with Crippen molar-refractivity contribution in [2.75, 3.05) is 0 Å². The van der Waals surface area contributed by atoms with Crippen molar-refractivity contribution in [2.24, 2.45) is 31.4 Å². The molecule has 4 aromatic rings. The van der Waals surface area contributed by atoms with Gasteiger partial charge in [0.05, 0.1) is 25.3 Å². The highest BCUT2D eigenvalue weighted by molar-refractivity contribution is 6.00. The van der Waals surface area contributed by atoms with Crippen LogP contribution in [0.1, 0.15) is 0 Å². The summed E-state index contributed by atoms with van der Waals surface area (Å²) in [6, 6.07) is 18.5. The lowest BCUT2D eigenvalue weighted by molar-refractivity contribution is -0.716. The van der Waals surface area contributed by atoms with Crippen molar-refractivity contribution in [3.05, 3.63) is 60.9 Å². The summed E-state index contributed by atoms with van der Waals surface area (Å²) in [7, 11) is 5.83. The second-order valence-corrected chi connectivity index (χ2v) is 6.00. The molecule has 0 unspecified atom stereocenters. The molecule has 7 heteroatoms. The third kappa shape index (κ3) is 2.88. The molecule has 6 nitrogen and oxygen atoms in total. The van der Waals surface area contributed by atoms with Crippen molar-refractivity contribution in [2.45, 2.75) is 0 Å². The van der Waals surface area contributed by atoms with Crippen LogP contribution in [0.2, 0.25) is 0 Å². The average molecular weight is 367 g/mol. The van der Waals surface area contributed by atoms with E-state index in [1.807, 2.05) is 49.0 Å². The number of hydrogen-bond acceptors (Lipinski definition) is 3. The molecule has 2 aromatic carbocycles. The molecule has 0 amide bonds. The summed E-state index contributed by atoms with van der Waals surface area (Å²) >= 11 is 0. The van der Waals surface area contributed by atoms with Gasteiger partial charge < -0.3 is 17.0 Å². The third-order valence-electron chi connectivity index (χ3n) is 4.37. The number of benzene rings is 2. The molecular weight excluding hydrogens is 348 g/mol. The molecule has 0 saturated heterocycles. The van der Waals surface area contributed by atoms with Gasteiger partial charge in [-0.3, -0.25) is 0 Å². The predicted molar refractivity (Wildman–Crippen MR) is 96.9 cm³/mol. The van der Waals surface area contributed by atoms with E-state index in [9.17, 15) is 0 Å². The van der Waals surface area contributed by atoms with E-state index >= 15 is 0 Å². The molecular formula is C19H19ClN6. The Balaban J connectivity index is 0.00000196. The molecule has 0 saturated carbocycles. The highest BCUT2D eigenvalue weighted by atomic mass is 35.5. The number of fused-ring (bicyclic) bond motifs is 1. The minimum atomic E-state index is 0. The minimum absolute atomic E-state index is 0. The second-order valence-electron chi connectivity index (χ2n) is 6.00. The number of azo groups is 1. The van der Waals surface area contributed by atoms with Gasteiger partial charge in [-0.15, -0.1) is 4.68 Å². The molecule has 0 bridgehead atoms. The van der Waals surface area contributed by atoms with Crippen molar-refractivity contribution in [3.63, 3.8) is 0 Å². The number of aromatic nitrogens is 4. The van der Waals surface area contributed by atoms with Gasteiger partial charge in [-0.1, -0.05) is 58.7 Å². The van der Waals surface area contributed by atoms with Gasteiger partial charge >= 0.3 is 5.95 Å². The van der Waals surface area contributed by atoms with Crippen LogP contribution in [0.15, 0.2) is 71.2 Å². The highest BCUT2D eigenvalue weighted by Gasteiger charge is 2.19. The number of halogens is 1. The maximum absolute atomic E-state index is 4.62. The predicted octanol–water partition coefficient (Wildman–Crippen LogP) is 0.823. The first-order valence-electron chi connectivity index (χ1n) is 8.09. The standard InChI is InChI=1S/C19H19N6.ClH/c1-23-13-20-25(3)19(23)22-21-17-15-11-7-8-12-16(15)24(2)18(17)14-9-5-4-6-10-14;/h4-13H,1-3H3;1H/q+1;/p-1. The molecule has 2 heterocycles. The van der Waals surface area contributed by atoms with E-state index in [1.165, 1.54) is 0 Å². The van der Waals surface area contributed by atoms with Gasteiger partial charge in [0.2, 0.25) is 0 Å². The third-order valence-corrected chi connectivity index (χ3v) is 4.37. The van der Waals surface area contributed by atoms with Gasteiger partial charge in [0.15, 0.2) is 6.33 Å². The Hall–Kier alpha value is -2.99.